The van der Waals surface area contributed by atoms with E-state index >= 15 is 0 Å². The molecule has 0 saturated carbocycles. The Kier molecular flexibility index (Phi) is 6.25. The Hall–Kier alpha value is -4.46. The Morgan fingerprint density at radius 2 is 1.86 bits per heavy atom. The van der Waals surface area contributed by atoms with Gasteiger partial charge < -0.3 is 14.6 Å². The van der Waals surface area contributed by atoms with Gasteiger partial charge in [-0.25, -0.2) is 9.18 Å². The number of hydrogen-bond donors (Lipinski definition) is 1. The number of hydrogen-bond acceptors (Lipinski definition) is 5. The number of benzene rings is 3. The van der Waals surface area contributed by atoms with Crippen molar-refractivity contribution in [3.05, 3.63) is 101 Å². The summed E-state index contributed by atoms with van der Waals surface area (Å²) in [5.41, 5.74) is 4.48. The van der Waals surface area contributed by atoms with Gasteiger partial charge in [-0.1, -0.05) is 54.5 Å². The Balaban J connectivity index is 1.65. The second-order valence-electron chi connectivity index (χ2n) is 8.45. The first-order chi connectivity index (χ1) is 17.5. The quantitative estimate of drug-likeness (QED) is 0.355. The third kappa shape index (κ3) is 4.33. The van der Waals surface area contributed by atoms with E-state index in [9.17, 15) is 9.18 Å². The van der Waals surface area contributed by atoms with Gasteiger partial charge in [0.25, 0.3) is 5.89 Å². The number of halogens is 1. The minimum Gasteiger partial charge on any atom is -0.497 e. The lowest BCUT2D eigenvalue weighted by Crippen LogP contribution is -2.46. The summed E-state index contributed by atoms with van der Waals surface area (Å²) in [5, 5.41) is 7.19. The number of nitrogens with zero attached hydrogens (tertiary/aromatic N) is 3. The largest absolute Gasteiger partial charge is 0.497 e. The van der Waals surface area contributed by atoms with E-state index in [0.29, 0.717) is 28.3 Å². The second-order valence-corrected chi connectivity index (χ2v) is 8.45. The normalized spacial score (nSPS) is 15.7. The SMILES string of the molecule is CCc1ccc(C2NC(=O)N(c3cccc(OC)c3)C(C)=C2c2nc(-c3cccc(F)c3)no2)cc1. The zero-order chi connectivity index (χ0) is 25.2. The van der Waals surface area contributed by atoms with E-state index in [2.05, 4.69) is 22.4 Å². The molecule has 8 heteroatoms. The Bertz CT molecular complexity index is 1450. The lowest BCUT2D eigenvalue weighted by molar-refractivity contribution is 0.244. The van der Waals surface area contributed by atoms with Crippen LogP contribution in [-0.2, 0) is 6.42 Å². The highest BCUT2D eigenvalue weighted by Crippen LogP contribution is 2.39. The predicted octanol–water partition coefficient (Wildman–Crippen LogP) is 6.15. The van der Waals surface area contributed by atoms with Crippen molar-refractivity contribution in [2.45, 2.75) is 26.3 Å². The van der Waals surface area contributed by atoms with Gasteiger partial charge in [0.05, 0.1) is 24.4 Å². The van der Waals surface area contributed by atoms with Gasteiger partial charge in [-0.15, -0.1) is 0 Å². The highest BCUT2D eigenvalue weighted by atomic mass is 19.1. The first kappa shape index (κ1) is 23.3. The molecule has 2 heterocycles. The molecule has 2 amide bonds. The number of anilines is 1. The fraction of sp³-hybridized carbons (Fsp3) is 0.179. The van der Waals surface area contributed by atoms with Crippen molar-refractivity contribution in [1.82, 2.24) is 15.5 Å². The molecule has 1 unspecified atom stereocenters. The first-order valence-corrected chi connectivity index (χ1v) is 11.6. The average molecular weight is 485 g/mol. The second kappa shape index (κ2) is 9.65. The number of rotatable bonds is 6. The van der Waals surface area contributed by atoms with Crippen LogP contribution >= 0.6 is 0 Å². The van der Waals surface area contributed by atoms with Crippen molar-refractivity contribution < 1.29 is 18.4 Å². The van der Waals surface area contributed by atoms with Gasteiger partial charge in [0, 0.05) is 17.3 Å². The van der Waals surface area contributed by atoms with Gasteiger partial charge >= 0.3 is 6.03 Å². The molecule has 0 aliphatic carbocycles. The molecule has 5 rings (SSSR count). The fourth-order valence-corrected chi connectivity index (χ4v) is 4.35. The van der Waals surface area contributed by atoms with Crippen LogP contribution in [0, 0.1) is 5.82 Å². The Labute approximate surface area is 208 Å². The van der Waals surface area contributed by atoms with E-state index in [0.717, 1.165) is 12.0 Å². The molecule has 0 fully saturated rings. The summed E-state index contributed by atoms with van der Waals surface area (Å²) in [5.74, 6) is 0.731. The molecule has 182 valence electrons. The van der Waals surface area contributed by atoms with Crippen molar-refractivity contribution in [2.24, 2.45) is 0 Å². The molecule has 3 aromatic carbocycles. The van der Waals surface area contributed by atoms with Crippen LogP contribution in [0.5, 0.6) is 5.75 Å². The number of urea groups is 1. The average Bonchev–Trinajstić information content (AvgIpc) is 3.38. The molecule has 0 saturated heterocycles. The van der Waals surface area contributed by atoms with Gasteiger partial charge in [-0.05, 0) is 48.7 Å². The molecular weight excluding hydrogens is 459 g/mol. The molecule has 1 atom stereocenters. The number of carbonyl (C=O) groups is 1. The molecule has 0 radical (unpaired) electrons. The summed E-state index contributed by atoms with van der Waals surface area (Å²) < 4.78 is 24.8. The number of aromatic nitrogens is 2. The summed E-state index contributed by atoms with van der Waals surface area (Å²) in [6.45, 7) is 3.93. The van der Waals surface area contributed by atoms with Crippen molar-refractivity contribution in [2.75, 3.05) is 12.0 Å². The van der Waals surface area contributed by atoms with Gasteiger partial charge in [0.15, 0.2) is 0 Å². The van der Waals surface area contributed by atoms with Gasteiger partial charge in [-0.2, -0.15) is 4.98 Å². The maximum Gasteiger partial charge on any atom is 0.327 e. The number of nitrogens with one attached hydrogen (secondary N) is 1. The van der Waals surface area contributed by atoms with Crippen molar-refractivity contribution in [3.63, 3.8) is 0 Å². The van der Waals surface area contributed by atoms with Crippen LogP contribution in [-0.4, -0.2) is 23.3 Å². The molecular formula is C28H25FN4O3. The van der Waals surface area contributed by atoms with Gasteiger partial charge in [0.1, 0.15) is 11.6 Å². The van der Waals surface area contributed by atoms with Crippen molar-refractivity contribution in [3.8, 4) is 17.1 Å². The lowest BCUT2D eigenvalue weighted by Gasteiger charge is -2.35. The maximum atomic E-state index is 13.8. The minimum atomic E-state index is -0.522. The van der Waals surface area contributed by atoms with Crippen LogP contribution < -0.4 is 15.0 Å². The van der Waals surface area contributed by atoms with E-state index < -0.39 is 11.9 Å². The number of aryl methyl sites for hydroxylation is 1. The number of amides is 2. The molecule has 0 bridgehead atoms. The molecule has 1 aliphatic rings. The molecule has 0 spiro atoms. The van der Waals surface area contributed by atoms with Crippen LogP contribution in [0.4, 0.5) is 14.9 Å². The van der Waals surface area contributed by atoms with E-state index in [1.165, 1.54) is 17.7 Å². The van der Waals surface area contributed by atoms with Crippen LogP contribution in [0.15, 0.2) is 83.0 Å². The standard InChI is InChI=1S/C28H25FN4O3/c1-4-18-11-13-19(14-12-18)25-24(27-31-26(32-36-27)20-7-5-8-21(29)15-20)17(2)33(28(34)30-25)22-9-6-10-23(16-22)35-3/h5-16,25H,4H2,1-3H3,(H,30,34). The maximum absolute atomic E-state index is 13.8. The number of allylic oxidation sites excluding steroid dienone is 1. The highest BCUT2D eigenvalue weighted by Gasteiger charge is 2.36. The van der Waals surface area contributed by atoms with E-state index in [1.54, 1.807) is 30.2 Å². The number of methoxy groups -OCH3 is 1. The van der Waals surface area contributed by atoms with Gasteiger partial charge in [0.2, 0.25) is 5.82 Å². The summed E-state index contributed by atoms with van der Waals surface area (Å²) in [6, 6.07) is 20.5. The third-order valence-corrected chi connectivity index (χ3v) is 6.26. The van der Waals surface area contributed by atoms with Crippen molar-refractivity contribution >= 4 is 17.3 Å². The van der Waals surface area contributed by atoms with Crippen LogP contribution in [0.1, 0.15) is 36.9 Å². The predicted molar refractivity (Wildman–Crippen MR) is 135 cm³/mol. The summed E-state index contributed by atoms with van der Waals surface area (Å²) >= 11 is 0. The van der Waals surface area contributed by atoms with Crippen LogP contribution in [0.2, 0.25) is 0 Å². The number of carbonyl (C=O) groups excluding carboxylic acids is 1. The molecule has 36 heavy (non-hydrogen) atoms. The topological polar surface area (TPSA) is 80.5 Å². The zero-order valence-corrected chi connectivity index (χ0v) is 20.2. The molecule has 7 nitrogen and oxygen atoms in total. The molecule has 1 aliphatic heterocycles. The Morgan fingerprint density at radius 3 is 2.58 bits per heavy atom. The number of ether oxygens (including phenoxy) is 1. The first-order valence-electron chi connectivity index (χ1n) is 11.6. The Morgan fingerprint density at radius 1 is 1.08 bits per heavy atom. The summed E-state index contributed by atoms with van der Waals surface area (Å²) in [7, 11) is 1.58. The van der Waals surface area contributed by atoms with E-state index in [-0.39, 0.29) is 17.7 Å². The lowest BCUT2D eigenvalue weighted by atomic mass is 9.93. The van der Waals surface area contributed by atoms with Crippen molar-refractivity contribution in [1.29, 1.82) is 0 Å². The highest BCUT2D eigenvalue weighted by molar-refractivity contribution is 6.01. The molecule has 1 aromatic heterocycles. The molecule has 1 N–H and O–H groups in total. The van der Waals surface area contributed by atoms with Crippen LogP contribution in [0.25, 0.3) is 17.0 Å². The van der Waals surface area contributed by atoms with E-state index in [4.69, 9.17) is 9.26 Å². The summed E-state index contributed by atoms with van der Waals surface area (Å²) in [4.78, 5) is 19.5. The van der Waals surface area contributed by atoms with Gasteiger partial charge in [-0.3, -0.25) is 4.90 Å². The molecule has 4 aromatic rings. The van der Waals surface area contributed by atoms with E-state index in [1.807, 2.05) is 49.4 Å². The fourth-order valence-electron chi connectivity index (χ4n) is 4.35. The monoisotopic (exact) mass is 484 g/mol. The van der Waals surface area contributed by atoms with Crippen LogP contribution in [0.3, 0.4) is 0 Å². The zero-order valence-electron chi connectivity index (χ0n) is 20.2. The summed E-state index contributed by atoms with van der Waals surface area (Å²) in [6.07, 6.45) is 0.906. The third-order valence-electron chi connectivity index (χ3n) is 6.26. The smallest absolute Gasteiger partial charge is 0.327 e. The minimum absolute atomic E-state index is 0.240.